The molecule has 0 spiro atoms. The van der Waals surface area contributed by atoms with Gasteiger partial charge in [0.25, 0.3) is 5.97 Å². The molecule has 3 unspecified atom stereocenters. The van der Waals surface area contributed by atoms with Gasteiger partial charge in [-0.25, -0.2) is 14.4 Å². The van der Waals surface area contributed by atoms with Crippen LogP contribution in [0.5, 0.6) is 0 Å². The molecular formula is C36H55O17P. The van der Waals surface area contributed by atoms with E-state index >= 15 is 0 Å². The van der Waals surface area contributed by atoms with Gasteiger partial charge in [0, 0.05) is 44.3 Å². The Balaban J connectivity index is 0.000000469. The van der Waals surface area contributed by atoms with Crippen LogP contribution >= 0.6 is 8.75 Å². The SMILES string of the molecule is COC(C)(CO)COC(=O)OCC(C)(COC(=O)OCc1ccccc1)OC.COC1(C)COC(=O)OC1.[3H]P(CC(O)(OC)OC)OCc1ccccc1. The number of methoxy groups -OCH3 is 5. The Bertz CT molecular complexity index is 1350. The topological polar surface area (TPSA) is 202 Å². The summed E-state index contributed by atoms with van der Waals surface area (Å²) in [4.78, 5) is 33.8. The smallest absolute Gasteiger partial charge is 0.431 e. The molecule has 17 nitrogen and oxygen atoms in total. The summed E-state index contributed by atoms with van der Waals surface area (Å²) in [6.45, 7) is 5.01. The number of benzene rings is 2. The highest BCUT2D eigenvalue weighted by atomic mass is 31.1. The Morgan fingerprint density at radius 3 is 1.63 bits per heavy atom. The molecule has 1 heterocycles. The minimum Gasteiger partial charge on any atom is -0.431 e. The van der Waals surface area contributed by atoms with E-state index < -0.39 is 50.0 Å². The molecule has 1 aliphatic heterocycles. The van der Waals surface area contributed by atoms with Crippen LogP contribution in [0.2, 0.25) is 0 Å². The van der Waals surface area contributed by atoms with E-state index in [1.165, 1.54) is 28.4 Å². The number of aliphatic hydroxyl groups excluding tert-OH is 1. The lowest BCUT2D eigenvalue weighted by molar-refractivity contribution is -0.324. The zero-order valence-corrected chi connectivity index (χ0v) is 33.0. The van der Waals surface area contributed by atoms with Gasteiger partial charge in [-0.15, -0.1) is 0 Å². The molecule has 0 bridgehead atoms. The van der Waals surface area contributed by atoms with Gasteiger partial charge in [-0.2, -0.15) is 0 Å². The van der Waals surface area contributed by atoms with Crippen molar-refractivity contribution in [2.45, 2.75) is 56.8 Å². The van der Waals surface area contributed by atoms with Gasteiger partial charge in [-0.05, 0) is 31.9 Å². The van der Waals surface area contributed by atoms with E-state index in [2.05, 4.69) is 9.47 Å². The average Bonchev–Trinajstić information content (AvgIpc) is 3.22. The third-order valence-electron chi connectivity index (χ3n) is 7.56. The van der Waals surface area contributed by atoms with Crippen LogP contribution in [0.25, 0.3) is 0 Å². The number of hydrogen-bond donors (Lipinski definition) is 2. The molecule has 3 atom stereocenters. The van der Waals surface area contributed by atoms with Crippen molar-refractivity contribution in [1.29, 1.82) is 1.28 Å². The Kier molecular flexibility index (Phi) is 21.9. The quantitative estimate of drug-likeness (QED) is 0.0865. The lowest BCUT2D eigenvalue weighted by Gasteiger charge is -2.30. The highest BCUT2D eigenvalue weighted by molar-refractivity contribution is 7.32. The summed E-state index contributed by atoms with van der Waals surface area (Å²) in [5, 5.41) is 18.9. The third kappa shape index (κ3) is 20.2. The molecule has 18 heteroatoms. The number of ether oxygens (including phenoxy) is 11. The number of hydrogen-bond acceptors (Lipinski definition) is 17. The molecule has 0 aliphatic carbocycles. The Labute approximate surface area is 319 Å². The monoisotopic (exact) mass is 792 g/mol. The predicted molar refractivity (Wildman–Crippen MR) is 194 cm³/mol. The van der Waals surface area contributed by atoms with Crippen molar-refractivity contribution in [3.63, 3.8) is 0 Å². The maximum Gasteiger partial charge on any atom is 0.508 e. The highest BCUT2D eigenvalue weighted by Gasteiger charge is 2.33. The summed E-state index contributed by atoms with van der Waals surface area (Å²) >= 11 is 0. The first kappa shape index (κ1) is 46.5. The molecule has 1 fully saturated rings. The van der Waals surface area contributed by atoms with Crippen LogP contribution in [0.3, 0.4) is 0 Å². The Morgan fingerprint density at radius 1 is 0.759 bits per heavy atom. The largest absolute Gasteiger partial charge is 0.508 e. The van der Waals surface area contributed by atoms with Crippen LogP contribution in [0.4, 0.5) is 14.4 Å². The number of cyclic esters (lactones) is 2. The zero-order valence-electron chi connectivity index (χ0n) is 33.1. The molecule has 0 amide bonds. The predicted octanol–water partition coefficient (Wildman–Crippen LogP) is 4.59. The maximum atomic E-state index is 11.7. The molecule has 1 saturated heterocycles. The summed E-state index contributed by atoms with van der Waals surface area (Å²) in [5.41, 5.74) is -0.758. The normalized spacial score (nSPS) is 16.4. The minimum absolute atomic E-state index is 0.0117. The van der Waals surface area contributed by atoms with E-state index in [1.807, 2.05) is 67.6 Å². The van der Waals surface area contributed by atoms with E-state index in [0.29, 0.717) is 6.61 Å². The fourth-order valence-corrected chi connectivity index (χ4v) is 4.17. The van der Waals surface area contributed by atoms with Gasteiger partial charge in [0.05, 0.1) is 20.7 Å². The van der Waals surface area contributed by atoms with Crippen LogP contribution in [0.1, 0.15) is 31.9 Å². The number of rotatable bonds is 19. The first-order chi connectivity index (χ1) is 26.0. The van der Waals surface area contributed by atoms with E-state index in [4.69, 9.17) is 48.4 Å². The van der Waals surface area contributed by atoms with Gasteiger partial charge in [-0.1, -0.05) is 60.7 Å². The Morgan fingerprint density at radius 2 is 1.20 bits per heavy atom. The highest BCUT2D eigenvalue weighted by Crippen LogP contribution is 2.23. The summed E-state index contributed by atoms with van der Waals surface area (Å²) in [6, 6.07) is 18.7. The molecule has 2 aromatic carbocycles. The van der Waals surface area contributed by atoms with Crippen molar-refractivity contribution in [1.82, 2.24) is 0 Å². The second-order valence-electron chi connectivity index (χ2n) is 12.3. The molecule has 54 heavy (non-hydrogen) atoms. The van der Waals surface area contributed by atoms with Crippen molar-refractivity contribution < 1.29 is 81.2 Å². The average molecular weight is 793 g/mol. The maximum absolute atomic E-state index is 11.7. The first-order valence-electron chi connectivity index (χ1n) is 16.9. The van der Waals surface area contributed by atoms with E-state index in [0.717, 1.165) is 11.1 Å². The van der Waals surface area contributed by atoms with Gasteiger partial charge in [0.2, 0.25) is 0 Å². The molecule has 0 aromatic heterocycles. The second kappa shape index (κ2) is 25.4. The summed E-state index contributed by atoms with van der Waals surface area (Å²) in [5.74, 6) is -1.73. The summed E-state index contributed by atoms with van der Waals surface area (Å²) in [6.07, 6.45) is -2.46. The fraction of sp³-hybridized carbons (Fsp3) is 0.583. The number of aliphatic hydroxyl groups is 2. The van der Waals surface area contributed by atoms with Crippen LogP contribution in [0, 0.1) is 0 Å². The van der Waals surface area contributed by atoms with E-state index in [1.54, 1.807) is 21.0 Å². The standard InChI is InChI=1S/C19H28O9.C11H17O4P.C6H10O4/c1-18(11-20,23-3)12-26-17(22)28-14-19(2,24-4)13-27-16(21)25-10-15-8-6-5-7-9-15;1-13-11(12,14-2)9-16-15-8-10-6-4-3-5-7-10;1-6(8-2)3-9-5(7)10-4-6/h5-9,20H,10-14H2,1-4H3;3-7,12,16H,8-9H2,1-2H3;3-4H2,1-2H3/i;16T;. The van der Waals surface area contributed by atoms with Gasteiger partial charge in [0.15, 0.2) is 0 Å². The zero-order chi connectivity index (χ0) is 41.4. The van der Waals surface area contributed by atoms with Crippen LogP contribution < -0.4 is 0 Å². The third-order valence-corrected chi connectivity index (χ3v) is 8.40. The molecule has 306 valence electrons. The van der Waals surface area contributed by atoms with Crippen molar-refractivity contribution in [2.75, 3.05) is 81.4 Å². The summed E-state index contributed by atoms with van der Waals surface area (Å²) in [7, 11) is 5.43. The van der Waals surface area contributed by atoms with E-state index in [9.17, 15) is 24.6 Å². The fourth-order valence-electron chi connectivity index (χ4n) is 3.42. The van der Waals surface area contributed by atoms with Crippen molar-refractivity contribution in [2.24, 2.45) is 0 Å². The molecular weight excluding hydrogens is 735 g/mol. The molecule has 2 aromatic rings. The van der Waals surface area contributed by atoms with Gasteiger partial charge < -0.3 is 66.8 Å². The van der Waals surface area contributed by atoms with Crippen LogP contribution in [-0.2, 0) is 69.8 Å². The van der Waals surface area contributed by atoms with Gasteiger partial charge in [-0.3, -0.25) is 0 Å². The van der Waals surface area contributed by atoms with Crippen molar-refractivity contribution in [3.05, 3.63) is 71.8 Å². The summed E-state index contributed by atoms with van der Waals surface area (Å²) < 4.78 is 67.0. The van der Waals surface area contributed by atoms with Crippen LogP contribution in [-0.4, -0.2) is 134 Å². The molecule has 0 radical (unpaired) electrons. The van der Waals surface area contributed by atoms with Crippen LogP contribution in [0.15, 0.2) is 60.7 Å². The molecule has 2 N–H and O–H groups in total. The molecule has 1 aliphatic rings. The second-order valence-corrected chi connectivity index (χ2v) is 13.1. The molecule has 0 saturated carbocycles. The van der Waals surface area contributed by atoms with Gasteiger partial charge in [0.1, 0.15) is 56.4 Å². The van der Waals surface area contributed by atoms with Gasteiger partial charge >= 0.3 is 18.5 Å². The lowest BCUT2D eigenvalue weighted by atomic mass is 10.1. The number of carbonyl (C=O) groups is 3. The lowest BCUT2D eigenvalue weighted by Crippen LogP contribution is -2.44. The van der Waals surface area contributed by atoms with Crippen molar-refractivity contribution >= 4 is 27.2 Å². The van der Waals surface area contributed by atoms with E-state index in [-0.39, 0.29) is 52.4 Å². The van der Waals surface area contributed by atoms with Crippen molar-refractivity contribution in [3.8, 4) is 0 Å². The number of carbonyl (C=O) groups excluding carboxylic acids is 3. The molecule has 3 rings (SSSR count). The Hall–Kier alpha value is -3.64. The first-order valence-corrected chi connectivity index (χ1v) is 17.5. The minimum atomic E-state index is -1.73.